The lowest BCUT2D eigenvalue weighted by Gasteiger charge is -2.13. The van der Waals surface area contributed by atoms with Crippen LogP contribution in [0.5, 0.6) is 0 Å². The Morgan fingerprint density at radius 2 is 2.14 bits per heavy atom. The molecule has 1 heterocycles. The number of hydrogen-bond acceptors (Lipinski definition) is 3. The maximum atomic E-state index is 5.46. The van der Waals surface area contributed by atoms with Crippen LogP contribution in [0, 0.1) is 13.8 Å². The Labute approximate surface area is 85.5 Å². The highest BCUT2D eigenvalue weighted by Gasteiger charge is 2.13. The van der Waals surface area contributed by atoms with Gasteiger partial charge in [-0.15, -0.1) is 0 Å². The SMILES string of the molecule is CCC(Cc1c(C)nn(C)c1C)NN. The van der Waals surface area contributed by atoms with E-state index in [4.69, 9.17) is 5.84 Å². The first kappa shape index (κ1) is 11.2. The van der Waals surface area contributed by atoms with Crippen LogP contribution in [0.1, 0.15) is 30.3 Å². The van der Waals surface area contributed by atoms with E-state index in [0.717, 1.165) is 18.5 Å². The van der Waals surface area contributed by atoms with Crippen LogP contribution in [0.3, 0.4) is 0 Å². The number of rotatable bonds is 4. The van der Waals surface area contributed by atoms with Crippen LogP contribution >= 0.6 is 0 Å². The summed E-state index contributed by atoms with van der Waals surface area (Å²) in [7, 11) is 1.97. The summed E-state index contributed by atoms with van der Waals surface area (Å²) < 4.78 is 1.92. The van der Waals surface area contributed by atoms with Gasteiger partial charge in [0.25, 0.3) is 0 Å². The van der Waals surface area contributed by atoms with E-state index in [1.54, 1.807) is 0 Å². The monoisotopic (exact) mass is 196 g/mol. The van der Waals surface area contributed by atoms with Crippen LogP contribution < -0.4 is 11.3 Å². The molecule has 3 N–H and O–H groups in total. The molecule has 1 aromatic heterocycles. The number of aryl methyl sites for hydroxylation is 2. The van der Waals surface area contributed by atoms with Crippen LogP contribution in [0.4, 0.5) is 0 Å². The lowest BCUT2D eigenvalue weighted by Crippen LogP contribution is -2.36. The van der Waals surface area contributed by atoms with Crippen molar-refractivity contribution in [1.29, 1.82) is 0 Å². The van der Waals surface area contributed by atoms with Gasteiger partial charge in [0, 0.05) is 18.8 Å². The molecular formula is C10H20N4. The summed E-state index contributed by atoms with van der Waals surface area (Å²) in [4.78, 5) is 0. The highest BCUT2D eigenvalue weighted by molar-refractivity contribution is 5.25. The Morgan fingerprint density at radius 3 is 2.50 bits per heavy atom. The molecule has 0 fully saturated rings. The van der Waals surface area contributed by atoms with Gasteiger partial charge in [0.2, 0.25) is 0 Å². The quantitative estimate of drug-likeness (QED) is 0.554. The standard InChI is InChI=1S/C10H20N4/c1-5-9(12-11)6-10-7(2)13-14(4)8(10)3/h9,12H,5-6,11H2,1-4H3. The normalized spacial score (nSPS) is 13.2. The van der Waals surface area contributed by atoms with E-state index in [0.29, 0.717) is 6.04 Å². The fraction of sp³-hybridized carbons (Fsp3) is 0.700. The molecular weight excluding hydrogens is 176 g/mol. The third-order valence-corrected chi connectivity index (χ3v) is 2.84. The molecule has 0 bridgehead atoms. The molecule has 80 valence electrons. The van der Waals surface area contributed by atoms with Gasteiger partial charge in [-0.3, -0.25) is 16.0 Å². The van der Waals surface area contributed by atoms with E-state index in [2.05, 4.69) is 24.4 Å². The largest absolute Gasteiger partial charge is 0.272 e. The molecule has 1 rings (SSSR count). The first-order chi connectivity index (χ1) is 6.60. The van der Waals surface area contributed by atoms with E-state index in [-0.39, 0.29) is 0 Å². The van der Waals surface area contributed by atoms with Crippen LogP contribution in [0.2, 0.25) is 0 Å². The molecule has 0 saturated carbocycles. The molecule has 0 aromatic carbocycles. The van der Waals surface area contributed by atoms with Gasteiger partial charge in [-0.25, -0.2) is 0 Å². The zero-order valence-electron chi connectivity index (χ0n) is 9.46. The van der Waals surface area contributed by atoms with Crippen molar-refractivity contribution in [3.8, 4) is 0 Å². The van der Waals surface area contributed by atoms with Gasteiger partial charge in [0.1, 0.15) is 0 Å². The zero-order valence-corrected chi connectivity index (χ0v) is 9.46. The van der Waals surface area contributed by atoms with E-state index in [1.165, 1.54) is 11.3 Å². The third kappa shape index (κ3) is 2.13. The van der Waals surface area contributed by atoms with Gasteiger partial charge in [-0.2, -0.15) is 5.10 Å². The predicted octanol–water partition coefficient (Wildman–Crippen LogP) is 0.821. The molecule has 0 spiro atoms. The first-order valence-corrected chi connectivity index (χ1v) is 5.05. The molecule has 0 aliphatic rings. The minimum Gasteiger partial charge on any atom is -0.272 e. The molecule has 0 radical (unpaired) electrons. The third-order valence-electron chi connectivity index (χ3n) is 2.84. The highest BCUT2D eigenvalue weighted by atomic mass is 15.3. The van der Waals surface area contributed by atoms with E-state index >= 15 is 0 Å². The van der Waals surface area contributed by atoms with Crippen LogP contribution in [0.25, 0.3) is 0 Å². The molecule has 4 nitrogen and oxygen atoms in total. The lowest BCUT2D eigenvalue weighted by atomic mass is 10.0. The molecule has 0 aliphatic heterocycles. The lowest BCUT2D eigenvalue weighted by molar-refractivity contribution is 0.509. The number of aromatic nitrogens is 2. The van der Waals surface area contributed by atoms with Crippen LogP contribution in [0.15, 0.2) is 0 Å². The Kier molecular flexibility index (Phi) is 3.66. The van der Waals surface area contributed by atoms with Gasteiger partial charge in [0.15, 0.2) is 0 Å². The summed E-state index contributed by atoms with van der Waals surface area (Å²) in [6, 6.07) is 0.344. The summed E-state index contributed by atoms with van der Waals surface area (Å²) in [5.74, 6) is 5.46. The Bertz CT molecular complexity index is 299. The molecule has 4 heteroatoms. The average Bonchev–Trinajstić information content (AvgIpc) is 2.40. The van der Waals surface area contributed by atoms with E-state index in [9.17, 15) is 0 Å². The van der Waals surface area contributed by atoms with Crippen molar-refractivity contribution in [3.05, 3.63) is 17.0 Å². The summed E-state index contributed by atoms with van der Waals surface area (Å²) in [6.45, 7) is 6.27. The first-order valence-electron chi connectivity index (χ1n) is 5.05. The number of nitrogens with two attached hydrogens (primary N) is 1. The maximum absolute atomic E-state index is 5.46. The fourth-order valence-corrected chi connectivity index (χ4v) is 1.68. The summed E-state index contributed by atoms with van der Waals surface area (Å²) in [6.07, 6.45) is 1.99. The van der Waals surface area contributed by atoms with Crippen molar-refractivity contribution in [2.45, 2.75) is 39.7 Å². The second-order valence-electron chi connectivity index (χ2n) is 3.75. The van der Waals surface area contributed by atoms with Gasteiger partial charge in [-0.05, 0) is 32.3 Å². The minimum absolute atomic E-state index is 0.344. The number of nitrogens with one attached hydrogen (secondary N) is 1. The average molecular weight is 196 g/mol. The summed E-state index contributed by atoms with van der Waals surface area (Å²) in [5, 5.41) is 4.38. The summed E-state index contributed by atoms with van der Waals surface area (Å²) >= 11 is 0. The summed E-state index contributed by atoms with van der Waals surface area (Å²) in [5.41, 5.74) is 6.49. The smallest absolute Gasteiger partial charge is 0.0628 e. The van der Waals surface area contributed by atoms with Crippen molar-refractivity contribution >= 4 is 0 Å². The second kappa shape index (κ2) is 4.57. The minimum atomic E-state index is 0.344. The Balaban J connectivity index is 2.84. The highest BCUT2D eigenvalue weighted by Crippen LogP contribution is 2.14. The molecule has 0 amide bonds. The fourth-order valence-electron chi connectivity index (χ4n) is 1.68. The number of hydrogen-bond donors (Lipinski definition) is 2. The van der Waals surface area contributed by atoms with Crippen molar-refractivity contribution in [2.75, 3.05) is 0 Å². The Hall–Kier alpha value is -0.870. The van der Waals surface area contributed by atoms with Crippen molar-refractivity contribution in [3.63, 3.8) is 0 Å². The maximum Gasteiger partial charge on any atom is 0.0628 e. The van der Waals surface area contributed by atoms with Gasteiger partial charge in [0.05, 0.1) is 5.69 Å². The zero-order chi connectivity index (χ0) is 10.7. The van der Waals surface area contributed by atoms with Crippen molar-refractivity contribution in [2.24, 2.45) is 12.9 Å². The van der Waals surface area contributed by atoms with Crippen molar-refractivity contribution < 1.29 is 0 Å². The molecule has 14 heavy (non-hydrogen) atoms. The van der Waals surface area contributed by atoms with Crippen LogP contribution in [-0.2, 0) is 13.5 Å². The van der Waals surface area contributed by atoms with E-state index in [1.807, 2.05) is 18.7 Å². The van der Waals surface area contributed by atoms with Crippen LogP contribution in [-0.4, -0.2) is 15.8 Å². The second-order valence-corrected chi connectivity index (χ2v) is 3.75. The molecule has 1 atom stereocenters. The van der Waals surface area contributed by atoms with Gasteiger partial charge in [-0.1, -0.05) is 6.92 Å². The number of hydrazine groups is 1. The topological polar surface area (TPSA) is 55.9 Å². The van der Waals surface area contributed by atoms with Crippen molar-refractivity contribution in [1.82, 2.24) is 15.2 Å². The van der Waals surface area contributed by atoms with Gasteiger partial charge < -0.3 is 0 Å². The Morgan fingerprint density at radius 1 is 1.50 bits per heavy atom. The predicted molar refractivity (Wildman–Crippen MR) is 57.8 cm³/mol. The molecule has 0 aliphatic carbocycles. The molecule has 0 saturated heterocycles. The van der Waals surface area contributed by atoms with E-state index < -0.39 is 0 Å². The van der Waals surface area contributed by atoms with Gasteiger partial charge >= 0.3 is 0 Å². The molecule has 1 aromatic rings. The molecule has 1 unspecified atom stereocenters. The number of nitrogens with zero attached hydrogens (tertiary/aromatic N) is 2.